The van der Waals surface area contributed by atoms with Crippen LogP contribution in [0, 0.1) is 16.1 Å². The van der Waals surface area contributed by atoms with Crippen LogP contribution in [0.15, 0.2) is 16.7 Å². The first-order valence-electron chi connectivity index (χ1n) is 6.33. The lowest BCUT2D eigenvalue weighted by molar-refractivity contribution is 0.139. The Morgan fingerprint density at radius 1 is 1.55 bits per heavy atom. The van der Waals surface area contributed by atoms with E-state index in [1.807, 2.05) is 13.0 Å². The van der Waals surface area contributed by atoms with Crippen molar-refractivity contribution in [1.82, 2.24) is 10.6 Å². The first-order valence-corrected chi connectivity index (χ1v) is 7.79. The van der Waals surface area contributed by atoms with Crippen molar-refractivity contribution in [2.45, 2.75) is 20.3 Å². The molecule has 0 aromatic carbocycles. The lowest BCUT2D eigenvalue weighted by Gasteiger charge is -2.10. The van der Waals surface area contributed by atoms with E-state index in [0.29, 0.717) is 13.2 Å². The van der Waals surface area contributed by atoms with E-state index >= 15 is 0 Å². The Hall–Kier alpha value is -0.730. The summed E-state index contributed by atoms with van der Waals surface area (Å²) in [6.45, 7) is 6.06. The van der Waals surface area contributed by atoms with Gasteiger partial charge in [0, 0.05) is 19.4 Å². The van der Waals surface area contributed by atoms with Crippen molar-refractivity contribution in [3.05, 3.63) is 27.4 Å². The highest BCUT2D eigenvalue weighted by Crippen LogP contribution is 2.21. The highest BCUT2D eigenvalue weighted by molar-refractivity contribution is 14.1. The van der Waals surface area contributed by atoms with Gasteiger partial charge in [-0.15, -0.1) is 0 Å². The van der Waals surface area contributed by atoms with E-state index in [1.54, 1.807) is 6.20 Å². The molecule has 112 valence electrons. The average Bonchev–Trinajstić information content (AvgIpc) is 2.71. The molecule has 1 aromatic heterocycles. The Balaban J connectivity index is 2.68. The molecule has 0 aliphatic heterocycles. The second-order valence-electron chi connectivity index (χ2n) is 4.12. The van der Waals surface area contributed by atoms with Crippen LogP contribution in [0.4, 0.5) is 0 Å². The van der Waals surface area contributed by atoms with Crippen molar-refractivity contribution < 1.29 is 9.15 Å². The Morgan fingerprint density at radius 3 is 2.85 bits per heavy atom. The summed E-state index contributed by atoms with van der Waals surface area (Å²) in [5.74, 6) is 0.732. The molecule has 20 heavy (non-hydrogen) atoms. The van der Waals surface area contributed by atoms with Crippen molar-refractivity contribution in [1.29, 1.82) is 5.41 Å². The highest BCUT2D eigenvalue weighted by Gasteiger charge is 2.11. The van der Waals surface area contributed by atoms with E-state index < -0.39 is 0 Å². The zero-order chi connectivity index (χ0) is 15.0. The number of hydrogen-bond donors (Lipinski definition) is 3. The predicted molar refractivity (Wildman–Crippen MR) is 90.0 cm³/mol. The Kier molecular flexibility index (Phi) is 8.01. The van der Waals surface area contributed by atoms with Gasteiger partial charge >= 0.3 is 0 Å². The molecule has 0 aliphatic carbocycles. The van der Waals surface area contributed by atoms with Crippen LogP contribution in [0.5, 0.6) is 0 Å². The molecule has 0 atom stereocenters. The monoisotopic (exact) mass is 411 g/mol. The van der Waals surface area contributed by atoms with Crippen LogP contribution >= 0.6 is 34.2 Å². The number of hydrogen-bond acceptors (Lipinski definition) is 4. The maximum absolute atomic E-state index is 7.20. The molecule has 1 aromatic rings. The molecular weight excluding hydrogens is 393 g/mol. The number of ether oxygens (including phenoxy) is 1. The molecule has 0 saturated heterocycles. The Morgan fingerprint density at radius 2 is 2.30 bits per heavy atom. The number of furan rings is 1. The van der Waals surface area contributed by atoms with E-state index in [1.165, 1.54) is 0 Å². The predicted octanol–water partition coefficient (Wildman–Crippen LogP) is 3.27. The number of nitrogens with one attached hydrogen (secondary N) is 3. The topological polar surface area (TPSA) is 70.3 Å². The van der Waals surface area contributed by atoms with Crippen LogP contribution in [-0.2, 0) is 4.74 Å². The molecule has 0 saturated carbocycles. The molecule has 7 heteroatoms. The van der Waals surface area contributed by atoms with E-state index in [0.717, 1.165) is 33.8 Å². The quantitative estimate of drug-likeness (QED) is 0.202. The fourth-order valence-corrected chi connectivity index (χ4v) is 2.29. The molecule has 3 N–H and O–H groups in total. The van der Waals surface area contributed by atoms with Crippen molar-refractivity contribution >= 4 is 45.2 Å². The summed E-state index contributed by atoms with van der Waals surface area (Å²) in [6.07, 6.45) is 2.63. The van der Waals surface area contributed by atoms with Crippen LogP contribution in [0.1, 0.15) is 24.7 Å². The molecule has 0 amide bonds. The summed E-state index contributed by atoms with van der Waals surface area (Å²) in [7, 11) is 0. The van der Waals surface area contributed by atoms with Gasteiger partial charge in [-0.25, -0.2) is 0 Å². The van der Waals surface area contributed by atoms with Gasteiger partial charge in [0.1, 0.15) is 0 Å². The second kappa shape index (κ2) is 9.25. The minimum absolute atomic E-state index is 0.148. The molecule has 1 heterocycles. The maximum atomic E-state index is 7.20. The molecule has 0 radical (unpaired) electrons. The smallest absolute Gasteiger partial charge is 0.192 e. The molecule has 1 rings (SSSR count). The minimum Gasteiger partial charge on any atom is -0.448 e. The molecule has 0 spiro atoms. The highest BCUT2D eigenvalue weighted by atomic mass is 127. The third-order valence-corrected chi connectivity index (χ3v) is 3.03. The molecule has 0 bridgehead atoms. The van der Waals surface area contributed by atoms with E-state index in [2.05, 4.69) is 40.1 Å². The van der Waals surface area contributed by atoms with E-state index in [9.17, 15) is 0 Å². The second-order valence-corrected chi connectivity index (χ2v) is 5.56. The summed E-state index contributed by atoms with van der Waals surface area (Å²) < 4.78 is 11.9. The van der Waals surface area contributed by atoms with Gasteiger partial charge in [0.05, 0.1) is 12.3 Å². The molecule has 0 aliphatic rings. The zero-order valence-electron chi connectivity index (χ0n) is 11.6. The van der Waals surface area contributed by atoms with E-state index in [4.69, 9.17) is 26.2 Å². The van der Waals surface area contributed by atoms with Crippen molar-refractivity contribution in [3.8, 4) is 0 Å². The van der Waals surface area contributed by atoms with Gasteiger partial charge < -0.3 is 19.8 Å². The number of rotatable bonds is 8. The largest absolute Gasteiger partial charge is 0.448 e. The van der Waals surface area contributed by atoms with Crippen LogP contribution in [0.3, 0.4) is 0 Å². The normalized spacial score (nSPS) is 11.5. The number of amidine groups is 1. The Bertz CT molecular complexity index is 474. The van der Waals surface area contributed by atoms with Gasteiger partial charge in [-0.2, -0.15) is 0 Å². The summed E-state index contributed by atoms with van der Waals surface area (Å²) in [5.41, 5.74) is 1.77. The van der Waals surface area contributed by atoms with Crippen molar-refractivity contribution in [3.63, 3.8) is 0 Å². The Labute approximate surface area is 137 Å². The number of halogens is 2. The maximum Gasteiger partial charge on any atom is 0.192 e. The molecule has 0 unspecified atom stereocenters. The first-order chi connectivity index (χ1) is 9.54. The fraction of sp³-hybridized carbons (Fsp3) is 0.462. The summed E-state index contributed by atoms with van der Waals surface area (Å²) in [4.78, 5) is 0. The molecular formula is C13H19ClIN3O2. The summed E-state index contributed by atoms with van der Waals surface area (Å²) in [6, 6.07) is 1.95. The third kappa shape index (κ3) is 6.15. The van der Waals surface area contributed by atoms with Crippen LogP contribution < -0.4 is 10.6 Å². The third-order valence-electron chi connectivity index (χ3n) is 2.39. The van der Waals surface area contributed by atoms with Crippen molar-refractivity contribution in [2.75, 3.05) is 19.8 Å². The van der Waals surface area contributed by atoms with E-state index in [-0.39, 0.29) is 5.29 Å². The standard InChI is InChI=1S/C13H19ClIN3O2/c1-3-5-19-6-4-17-10(8-18-13(14)16)12-9(2)7-11(15)20-12/h7-8,17H,3-6H2,1-2H3,(H2,16,18)/b10-8-. The molecule has 5 nitrogen and oxygen atoms in total. The van der Waals surface area contributed by atoms with Gasteiger partial charge in [0.2, 0.25) is 0 Å². The minimum atomic E-state index is -0.148. The summed E-state index contributed by atoms with van der Waals surface area (Å²) in [5, 5.41) is 12.9. The SMILES string of the molecule is CCCOCCN/C(=C\NC(=N)Cl)c1oc(I)cc1C. The van der Waals surface area contributed by atoms with Gasteiger partial charge in [-0.05, 0) is 59.2 Å². The number of aryl methyl sites for hydroxylation is 1. The fourth-order valence-electron chi connectivity index (χ4n) is 1.55. The van der Waals surface area contributed by atoms with Crippen LogP contribution in [-0.4, -0.2) is 25.1 Å². The summed E-state index contributed by atoms with van der Waals surface area (Å²) >= 11 is 7.62. The zero-order valence-corrected chi connectivity index (χ0v) is 14.5. The lowest BCUT2D eigenvalue weighted by Crippen LogP contribution is -2.21. The average molecular weight is 412 g/mol. The van der Waals surface area contributed by atoms with Crippen LogP contribution in [0.25, 0.3) is 5.70 Å². The van der Waals surface area contributed by atoms with Gasteiger partial charge in [0.25, 0.3) is 0 Å². The first kappa shape index (κ1) is 17.3. The van der Waals surface area contributed by atoms with Crippen LogP contribution in [0.2, 0.25) is 0 Å². The van der Waals surface area contributed by atoms with Gasteiger partial charge in [0.15, 0.2) is 14.8 Å². The van der Waals surface area contributed by atoms with Crippen molar-refractivity contribution in [2.24, 2.45) is 0 Å². The van der Waals surface area contributed by atoms with Gasteiger partial charge in [-0.3, -0.25) is 5.41 Å². The van der Waals surface area contributed by atoms with Gasteiger partial charge in [-0.1, -0.05) is 6.92 Å². The molecule has 0 fully saturated rings. The lowest BCUT2D eigenvalue weighted by atomic mass is 10.2.